The van der Waals surface area contributed by atoms with Crippen LogP contribution in [0.4, 0.5) is 0 Å². The average Bonchev–Trinajstić information content (AvgIpc) is 2.25. The van der Waals surface area contributed by atoms with Crippen molar-refractivity contribution in [2.75, 3.05) is 13.2 Å². The van der Waals surface area contributed by atoms with E-state index in [4.69, 9.17) is 4.84 Å². The molecule has 0 heterocycles. The molecule has 6 nitrogen and oxygen atoms in total. The molecule has 0 saturated heterocycles. The number of nitrogens with zero attached hydrogens (tertiary/aromatic N) is 1. The highest BCUT2D eigenvalue weighted by molar-refractivity contribution is 5.13. The molecule has 0 aliphatic heterocycles. The molecule has 102 valence electrons. The molecule has 4 bridgehead atoms. The van der Waals surface area contributed by atoms with Gasteiger partial charge in [-0.2, -0.15) is 0 Å². The van der Waals surface area contributed by atoms with Crippen LogP contribution in [0.2, 0.25) is 0 Å². The van der Waals surface area contributed by atoms with Gasteiger partial charge in [-0.15, -0.1) is 10.1 Å². The van der Waals surface area contributed by atoms with E-state index in [1.54, 1.807) is 0 Å². The Kier molecular flexibility index (Phi) is 2.41. The predicted molar refractivity (Wildman–Crippen MR) is 61.0 cm³/mol. The van der Waals surface area contributed by atoms with Crippen molar-refractivity contribution >= 4 is 0 Å². The summed E-state index contributed by atoms with van der Waals surface area (Å²) in [5, 5.41) is 29.4. The van der Waals surface area contributed by atoms with Crippen LogP contribution in [0.25, 0.3) is 0 Å². The van der Waals surface area contributed by atoms with E-state index in [1.807, 2.05) is 0 Å². The highest BCUT2D eigenvalue weighted by atomic mass is 17.0. The molecule has 2 N–H and O–H groups in total. The van der Waals surface area contributed by atoms with E-state index in [0.29, 0.717) is 25.2 Å². The first-order chi connectivity index (χ1) is 8.44. The molecule has 18 heavy (non-hydrogen) atoms. The second-order valence-corrected chi connectivity index (χ2v) is 6.82. The lowest BCUT2D eigenvalue weighted by Crippen LogP contribution is -2.63. The van der Waals surface area contributed by atoms with E-state index in [-0.39, 0.29) is 24.0 Å². The van der Waals surface area contributed by atoms with Crippen LogP contribution < -0.4 is 0 Å². The number of aliphatic hydroxyl groups is 2. The van der Waals surface area contributed by atoms with Crippen molar-refractivity contribution in [1.82, 2.24) is 0 Å². The van der Waals surface area contributed by atoms with Crippen LogP contribution in [0.1, 0.15) is 38.5 Å². The van der Waals surface area contributed by atoms with Gasteiger partial charge in [-0.25, -0.2) is 0 Å². The summed E-state index contributed by atoms with van der Waals surface area (Å²) in [7, 11) is 0. The summed E-state index contributed by atoms with van der Waals surface area (Å²) < 4.78 is 0. The Hall–Kier alpha value is -0.880. The second-order valence-electron chi connectivity index (χ2n) is 6.82. The molecule has 0 aromatic carbocycles. The number of aliphatic hydroxyl groups excluding tert-OH is 2. The zero-order valence-corrected chi connectivity index (χ0v) is 10.3. The summed E-state index contributed by atoms with van der Waals surface area (Å²) in [5.74, 6) is 0.334. The Morgan fingerprint density at radius 1 is 1.11 bits per heavy atom. The molecule has 0 spiro atoms. The van der Waals surface area contributed by atoms with Gasteiger partial charge >= 0.3 is 0 Å². The molecule has 6 heteroatoms. The van der Waals surface area contributed by atoms with Crippen LogP contribution >= 0.6 is 0 Å². The maximum atomic E-state index is 10.7. The fraction of sp³-hybridized carbons (Fsp3) is 1.00. The average molecular weight is 257 g/mol. The third-order valence-corrected chi connectivity index (χ3v) is 5.19. The molecule has 2 unspecified atom stereocenters. The van der Waals surface area contributed by atoms with E-state index >= 15 is 0 Å². The fourth-order valence-corrected chi connectivity index (χ4v) is 5.36. The molecule has 4 rings (SSSR count). The van der Waals surface area contributed by atoms with Crippen molar-refractivity contribution in [3.63, 3.8) is 0 Å². The van der Waals surface area contributed by atoms with Crippen LogP contribution in [-0.2, 0) is 4.84 Å². The lowest BCUT2D eigenvalue weighted by Gasteiger charge is -2.64. The van der Waals surface area contributed by atoms with Crippen molar-refractivity contribution in [2.24, 2.45) is 16.7 Å². The summed E-state index contributed by atoms with van der Waals surface area (Å²) in [6.07, 6.45) is 4.39. The van der Waals surface area contributed by atoms with Crippen molar-refractivity contribution < 1.29 is 20.1 Å². The Labute approximate surface area is 105 Å². The van der Waals surface area contributed by atoms with Gasteiger partial charge in [-0.1, -0.05) is 0 Å². The van der Waals surface area contributed by atoms with Crippen LogP contribution in [0.15, 0.2) is 0 Å². The van der Waals surface area contributed by atoms with Crippen molar-refractivity contribution in [2.45, 2.75) is 44.1 Å². The van der Waals surface area contributed by atoms with Crippen LogP contribution in [-0.4, -0.2) is 34.1 Å². The Bertz CT molecular complexity index is 365. The van der Waals surface area contributed by atoms with Crippen molar-refractivity contribution in [3.8, 4) is 0 Å². The standard InChI is InChI=1S/C12H19NO5/c14-7-10-1-9-2-11(4-10,8-15)6-12(3-9,5-10)18-13(16)17/h9,14-15H,1-8H2. The van der Waals surface area contributed by atoms with Gasteiger partial charge in [0.2, 0.25) is 0 Å². The van der Waals surface area contributed by atoms with Gasteiger partial charge in [0.15, 0.2) is 0 Å². The summed E-state index contributed by atoms with van der Waals surface area (Å²) in [5.41, 5.74) is -1.33. The van der Waals surface area contributed by atoms with E-state index in [1.165, 1.54) is 0 Å². The molecular formula is C12H19NO5. The minimum Gasteiger partial charge on any atom is -0.396 e. The molecule has 4 fully saturated rings. The van der Waals surface area contributed by atoms with Gasteiger partial charge in [-0.05, 0) is 55.3 Å². The lowest BCUT2D eigenvalue weighted by molar-refractivity contribution is -0.786. The lowest BCUT2D eigenvalue weighted by atomic mass is 9.43. The molecule has 2 atom stereocenters. The largest absolute Gasteiger partial charge is 0.396 e. The predicted octanol–water partition coefficient (Wildman–Crippen LogP) is 0.888. The van der Waals surface area contributed by atoms with Gasteiger partial charge in [0.25, 0.3) is 5.09 Å². The maximum Gasteiger partial charge on any atom is 0.295 e. The SMILES string of the molecule is O=[N+]([O-])OC12CC3CC(CO)(CC(CO)(C3)C1)C2. The number of rotatable bonds is 4. The molecule has 0 radical (unpaired) electrons. The van der Waals surface area contributed by atoms with Crippen LogP contribution in [0.3, 0.4) is 0 Å². The van der Waals surface area contributed by atoms with Gasteiger partial charge in [0.1, 0.15) is 5.60 Å². The normalized spacial score (nSPS) is 49.3. The first-order valence-corrected chi connectivity index (χ1v) is 6.50. The quantitative estimate of drug-likeness (QED) is 0.576. The Morgan fingerprint density at radius 3 is 2.11 bits per heavy atom. The van der Waals surface area contributed by atoms with Gasteiger partial charge in [-0.3, -0.25) is 0 Å². The Morgan fingerprint density at radius 2 is 1.67 bits per heavy atom. The smallest absolute Gasteiger partial charge is 0.295 e. The van der Waals surface area contributed by atoms with E-state index in [9.17, 15) is 20.3 Å². The molecule has 4 aliphatic rings. The molecular weight excluding hydrogens is 238 g/mol. The molecule has 0 aromatic heterocycles. The summed E-state index contributed by atoms with van der Waals surface area (Å²) in [4.78, 5) is 15.7. The maximum absolute atomic E-state index is 10.7. The minimum absolute atomic E-state index is 0.0358. The third-order valence-electron chi connectivity index (χ3n) is 5.19. The molecule has 4 aliphatic carbocycles. The fourth-order valence-electron chi connectivity index (χ4n) is 5.36. The summed E-state index contributed by atoms with van der Waals surface area (Å²) in [6, 6.07) is 0. The Balaban J connectivity index is 1.96. The highest BCUT2D eigenvalue weighted by Gasteiger charge is 2.64. The summed E-state index contributed by atoms with van der Waals surface area (Å²) >= 11 is 0. The zero-order chi connectivity index (χ0) is 13.0. The van der Waals surface area contributed by atoms with Crippen molar-refractivity contribution in [3.05, 3.63) is 10.1 Å². The van der Waals surface area contributed by atoms with Gasteiger partial charge < -0.3 is 15.1 Å². The zero-order valence-electron chi connectivity index (χ0n) is 10.3. The number of hydrogen-bond acceptors (Lipinski definition) is 5. The third kappa shape index (κ3) is 1.62. The van der Waals surface area contributed by atoms with Gasteiger partial charge in [0, 0.05) is 13.2 Å². The first-order valence-electron chi connectivity index (χ1n) is 6.50. The molecule has 0 amide bonds. The van der Waals surface area contributed by atoms with E-state index in [2.05, 4.69) is 0 Å². The van der Waals surface area contributed by atoms with E-state index in [0.717, 1.165) is 19.3 Å². The molecule has 4 saturated carbocycles. The highest BCUT2D eigenvalue weighted by Crippen LogP contribution is 2.67. The number of hydrogen-bond donors (Lipinski definition) is 2. The molecule has 0 aromatic rings. The van der Waals surface area contributed by atoms with E-state index < -0.39 is 10.7 Å². The van der Waals surface area contributed by atoms with Crippen LogP contribution in [0.5, 0.6) is 0 Å². The van der Waals surface area contributed by atoms with Gasteiger partial charge in [0.05, 0.1) is 0 Å². The van der Waals surface area contributed by atoms with Crippen molar-refractivity contribution in [1.29, 1.82) is 0 Å². The topological polar surface area (TPSA) is 92.8 Å². The first kappa shape index (κ1) is 12.2. The summed E-state index contributed by atoms with van der Waals surface area (Å²) in [6.45, 7) is 0.0716. The van der Waals surface area contributed by atoms with Crippen LogP contribution in [0, 0.1) is 26.9 Å². The second kappa shape index (κ2) is 3.57. The minimum atomic E-state index is -0.769. The monoisotopic (exact) mass is 257 g/mol.